The molecule has 0 fully saturated rings. The number of hydrogen-bond donors (Lipinski definition) is 0. The Morgan fingerprint density at radius 2 is 0.786 bits per heavy atom. The molecule has 12 heteroatoms. The van der Waals surface area contributed by atoms with Crippen molar-refractivity contribution in [1.82, 2.24) is 0 Å². The molecule has 3 aromatic carbocycles. The quantitative estimate of drug-likeness (QED) is 0.189. The normalized spacial score (nSPS) is 12.9. The predicted octanol–water partition coefficient (Wildman–Crippen LogP) is 5.43. The van der Waals surface area contributed by atoms with E-state index in [9.17, 15) is 25.3 Å². The van der Waals surface area contributed by atoms with Crippen molar-refractivity contribution in [2.45, 2.75) is 80.1 Å². The third kappa shape index (κ3) is 9.19. The molecule has 0 radical (unpaired) electrons. The van der Waals surface area contributed by atoms with Crippen LogP contribution in [0.25, 0.3) is 0 Å². The predicted molar refractivity (Wildman–Crippen MR) is 160 cm³/mol. The van der Waals surface area contributed by atoms with Crippen LogP contribution in [-0.4, -0.2) is 44.1 Å². The molecule has 0 aliphatic heterocycles. The summed E-state index contributed by atoms with van der Waals surface area (Å²) in [7, 11) is -12.6. The monoisotopic (exact) mass is 638 g/mol. The molecule has 0 bridgehead atoms. The molecule has 0 heterocycles. The van der Waals surface area contributed by atoms with Crippen molar-refractivity contribution in [3.8, 4) is 0 Å². The average molecular weight is 639 g/mol. The molecule has 0 aliphatic carbocycles. The summed E-state index contributed by atoms with van der Waals surface area (Å²) in [5, 5.41) is 0. The van der Waals surface area contributed by atoms with Gasteiger partial charge in [-0.25, -0.2) is 0 Å². The van der Waals surface area contributed by atoms with E-state index >= 15 is 0 Å². The van der Waals surface area contributed by atoms with Gasteiger partial charge < -0.3 is 0 Å². The maximum atomic E-state index is 13.2. The van der Waals surface area contributed by atoms with Crippen molar-refractivity contribution in [1.29, 1.82) is 0 Å². The number of hydrogen-bond acceptors (Lipinski definition) is 9. The van der Waals surface area contributed by atoms with Crippen LogP contribution in [0.15, 0.2) is 87.5 Å². The lowest BCUT2D eigenvalue weighted by Crippen LogP contribution is -2.35. The topological polar surface area (TPSA) is 130 Å². The molecule has 9 nitrogen and oxygen atoms in total. The summed E-state index contributed by atoms with van der Waals surface area (Å²) in [5.41, 5.74) is 1.30. The van der Waals surface area contributed by atoms with E-state index < -0.39 is 49.2 Å². The minimum absolute atomic E-state index is 0.0329. The van der Waals surface area contributed by atoms with Crippen LogP contribution in [0.1, 0.15) is 57.2 Å². The zero-order valence-electron chi connectivity index (χ0n) is 24.3. The van der Waals surface area contributed by atoms with Gasteiger partial charge in [0.05, 0.1) is 33.5 Å². The van der Waals surface area contributed by atoms with E-state index in [1.54, 1.807) is 36.4 Å². The fourth-order valence-corrected chi connectivity index (χ4v) is 7.15. The van der Waals surface area contributed by atoms with Crippen LogP contribution < -0.4 is 0 Å². The van der Waals surface area contributed by atoms with E-state index in [-0.39, 0.29) is 27.5 Å². The van der Waals surface area contributed by atoms with Crippen LogP contribution in [0.2, 0.25) is 0 Å². The summed E-state index contributed by atoms with van der Waals surface area (Å²) in [6.07, 6.45) is 1.82. The van der Waals surface area contributed by atoms with Crippen molar-refractivity contribution in [3.63, 3.8) is 0 Å². The summed E-state index contributed by atoms with van der Waals surface area (Å²) in [6, 6.07) is 18.7. The molecule has 3 rings (SSSR count). The first-order valence-electron chi connectivity index (χ1n) is 13.7. The van der Waals surface area contributed by atoms with Crippen molar-refractivity contribution >= 4 is 30.4 Å². The lowest BCUT2D eigenvalue weighted by atomic mass is 9.99. The zero-order valence-corrected chi connectivity index (χ0v) is 26.7. The van der Waals surface area contributed by atoms with E-state index in [4.69, 9.17) is 12.5 Å². The highest BCUT2D eigenvalue weighted by molar-refractivity contribution is 7.87. The number of aryl methyl sites for hydroxylation is 3. The minimum atomic E-state index is -4.30. The largest absolute Gasteiger partial charge is 0.297 e. The molecule has 0 saturated carbocycles. The standard InChI is InChI=1S/C30H38O9S3/c1-5-24-8-14-27(15-9-24)40(31,32)37-22-20-30(4,39-42(35,36)29-18-12-26(7-3)13-19-29)21-23-38-41(33,34)28-16-10-25(6-2)11-17-28/h8-19H,5-7,20-23H2,1-4H3. The first-order valence-corrected chi connectivity index (χ1v) is 18.0. The number of benzene rings is 3. The van der Waals surface area contributed by atoms with Crippen LogP contribution in [0.3, 0.4) is 0 Å². The Kier molecular flexibility index (Phi) is 11.5. The summed E-state index contributed by atoms with van der Waals surface area (Å²) < 4.78 is 93.4. The molecule has 230 valence electrons. The highest BCUT2D eigenvalue weighted by Crippen LogP contribution is 2.29. The molecule has 0 saturated heterocycles. The van der Waals surface area contributed by atoms with E-state index in [0.717, 1.165) is 36.0 Å². The summed E-state index contributed by atoms with van der Waals surface area (Å²) in [6.45, 7) is 6.46. The lowest BCUT2D eigenvalue weighted by molar-refractivity contribution is 0.0494. The van der Waals surface area contributed by atoms with E-state index in [2.05, 4.69) is 0 Å². The van der Waals surface area contributed by atoms with Gasteiger partial charge in [-0.2, -0.15) is 25.3 Å². The SMILES string of the molecule is CCc1ccc(S(=O)(=O)OCCC(C)(CCOS(=O)(=O)c2ccc(CC)cc2)OS(=O)(=O)c2ccc(CC)cc2)cc1. The Balaban J connectivity index is 1.77. The van der Waals surface area contributed by atoms with Gasteiger partial charge in [-0.15, -0.1) is 0 Å². The van der Waals surface area contributed by atoms with Crippen molar-refractivity contribution < 1.29 is 37.8 Å². The molecule has 0 amide bonds. The van der Waals surface area contributed by atoms with Gasteiger partial charge in [0.25, 0.3) is 30.4 Å². The van der Waals surface area contributed by atoms with E-state index in [1.165, 1.54) is 43.3 Å². The average Bonchev–Trinajstić information content (AvgIpc) is 2.96. The van der Waals surface area contributed by atoms with Gasteiger partial charge in [-0.05, 0) is 79.3 Å². The van der Waals surface area contributed by atoms with Crippen LogP contribution >= 0.6 is 0 Å². The lowest BCUT2D eigenvalue weighted by Gasteiger charge is -2.29. The first-order chi connectivity index (χ1) is 19.7. The van der Waals surface area contributed by atoms with Gasteiger partial charge in [0.2, 0.25) is 0 Å². The molecular formula is C30H38O9S3. The smallest absolute Gasteiger partial charge is 0.266 e. The Morgan fingerprint density at radius 1 is 0.500 bits per heavy atom. The molecule has 0 N–H and O–H groups in total. The van der Waals surface area contributed by atoms with Gasteiger partial charge >= 0.3 is 0 Å². The first kappa shape index (κ1) is 33.9. The van der Waals surface area contributed by atoms with Crippen molar-refractivity contribution in [3.05, 3.63) is 89.5 Å². The molecule has 0 unspecified atom stereocenters. The maximum Gasteiger partial charge on any atom is 0.297 e. The van der Waals surface area contributed by atoms with Gasteiger partial charge in [-0.1, -0.05) is 57.2 Å². The third-order valence-corrected chi connectivity index (χ3v) is 11.0. The molecule has 0 aromatic heterocycles. The second kappa shape index (κ2) is 14.2. The number of rotatable bonds is 16. The third-order valence-electron chi connectivity index (χ3n) is 6.91. The van der Waals surface area contributed by atoms with Gasteiger partial charge in [0.15, 0.2) is 0 Å². The fourth-order valence-electron chi connectivity index (χ4n) is 4.07. The van der Waals surface area contributed by atoms with Crippen LogP contribution in [0.5, 0.6) is 0 Å². The molecule has 0 atom stereocenters. The second-order valence-electron chi connectivity index (χ2n) is 10.0. The zero-order chi connectivity index (χ0) is 31.0. The van der Waals surface area contributed by atoms with E-state index in [0.29, 0.717) is 0 Å². The minimum Gasteiger partial charge on any atom is -0.266 e. The Bertz CT molecular complexity index is 1540. The molecule has 3 aromatic rings. The molecule has 42 heavy (non-hydrogen) atoms. The summed E-state index contributed by atoms with van der Waals surface area (Å²) in [4.78, 5) is -0.149. The van der Waals surface area contributed by atoms with Gasteiger partial charge in [0.1, 0.15) is 0 Å². The van der Waals surface area contributed by atoms with Crippen molar-refractivity contribution in [2.75, 3.05) is 13.2 Å². The van der Waals surface area contributed by atoms with E-state index in [1.807, 2.05) is 20.8 Å². The Labute approximate surface area is 250 Å². The molecular weight excluding hydrogens is 601 g/mol. The Hall–Kier alpha value is -2.61. The van der Waals surface area contributed by atoms with Crippen molar-refractivity contribution in [2.24, 2.45) is 0 Å². The highest BCUT2D eigenvalue weighted by atomic mass is 32.2. The summed E-state index contributed by atoms with van der Waals surface area (Å²) in [5.74, 6) is 0. The van der Waals surface area contributed by atoms with Gasteiger partial charge in [0, 0.05) is 12.8 Å². The van der Waals surface area contributed by atoms with Crippen LogP contribution in [-0.2, 0) is 62.2 Å². The van der Waals surface area contributed by atoms with Crippen LogP contribution in [0, 0.1) is 0 Å². The van der Waals surface area contributed by atoms with Crippen LogP contribution in [0.4, 0.5) is 0 Å². The maximum absolute atomic E-state index is 13.2. The second-order valence-corrected chi connectivity index (χ2v) is 14.8. The fraction of sp³-hybridized carbons (Fsp3) is 0.400. The Morgan fingerprint density at radius 3 is 1.07 bits per heavy atom. The molecule has 0 spiro atoms. The highest BCUT2D eigenvalue weighted by Gasteiger charge is 2.34. The van der Waals surface area contributed by atoms with Gasteiger partial charge in [-0.3, -0.25) is 12.5 Å². The molecule has 0 aliphatic rings. The summed E-state index contributed by atoms with van der Waals surface area (Å²) >= 11 is 0.